The fourth-order valence-corrected chi connectivity index (χ4v) is 3.17. The van der Waals surface area contributed by atoms with Gasteiger partial charge in [-0.15, -0.1) is 11.3 Å². The molecule has 0 radical (unpaired) electrons. The fraction of sp³-hybridized carbons (Fsp3) is 0.231. The lowest BCUT2D eigenvalue weighted by Crippen LogP contribution is -2.13. The molecule has 20 heavy (non-hydrogen) atoms. The first kappa shape index (κ1) is 15.6. The lowest BCUT2D eigenvalue weighted by Gasteiger charge is -2.02. The van der Waals surface area contributed by atoms with Gasteiger partial charge in [0, 0.05) is 27.5 Å². The van der Waals surface area contributed by atoms with Gasteiger partial charge in [-0.05, 0) is 30.0 Å². The SMILES string of the molecule is CSCC(=O)Nc1ncc(Cc2cc(Cl)ccc2Cl)s1. The minimum Gasteiger partial charge on any atom is -0.301 e. The van der Waals surface area contributed by atoms with Crippen LogP contribution in [0.15, 0.2) is 24.4 Å². The van der Waals surface area contributed by atoms with Crippen LogP contribution in [-0.2, 0) is 11.2 Å². The van der Waals surface area contributed by atoms with Gasteiger partial charge in [0.05, 0.1) is 5.75 Å². The van der Waals surface area contributed by atoms with Gasteiger partial charge >= 0.3 is 0 Å². The molecule has 0 bridgehead atoms. The Kier molecular flexibility index (Phi) is 5.72. The van der Waals surface area contributed by atoms with Gasteiger partial charge in [-0.2, -0.15) is 11.8 Å². The molecule has 0 aliphatic rings. The quantitative estimate of drug-likeness (QED) is 0.875. The van der Waals surface area contributed by atoms with Crippen LogP contribution in [0.4, 0.5) is 5.13 Å². The number of carbonyl (C=O) groups excluding carboxylic acids is 1. The number of thioether (sulfide) groups is 1. The van der Waals surface area contributed by atoms with Crippen LogP contribution in [0.25, 0.3) is 0 Å². The second-order valence-electron chi connectivity index (χ2n) is 4.03. The van der Waals surface area contributed by atoms with Crippen molar-refractivity contribution in [2.24, 2.45) is 0 Å². The molecule has 0 saturated carbocycles. The first-order chi connectivity index (χ1) is 9.58. The third kappa shape index (κ3) is 4.38. The number of benzene rings is 1. The summed E-state index contributed by atoms with van der Waals surface area (Å²) >= 11 is 15.0. The molecule has 1 aromatic heterocycles. The monoisotopic (exact) mass is 346 g/mol. The zero-order chi connectivity index (χ0) is 14.5. The van der Waals surface area contributed by atoms with Gasteiger partial charge in [0.1, 0.15) is 0 Å². The summed E-state index contributed by atoms with van der Waals surface area (Å²) in [6.45, 7) is 0. The molecule has 106 valence electrons. The highest BCUT2D eigenvalue weighted by Crippen LogP contribution is 2.26. The van der Waals surface area contributed by atoms with Crippen LogP contribution in [0.5, 0.6) is 0 Å². The lowest BCUT2D eigenvalue weighted by atomic mass is 10.1. The van der Waals surface area contributed by atoms with Crippen molar-refractivity contribution in [3.63, 3.8) is 0 Å². The molecule has 3 nitrogen and oxygen atoms in total. The minimum atomic E-state index is -0.0424. The smallest absolute Gasteiger partial charge is 0.236 e. The summed E-state index contributed by atoms with van der Waals surface area (Å²) in [5, 5.41) is 4.70. The van der Waals surface area contributed by atoms with E-state index in [2.05, 4.69) is 10.3 Å². The topological polar surface area (TPSA) is 42.0 Å². The van der Waals surface area contributed by atoms with E-state index in [9.17, 15) is 4.79 Å². The first-order valence-electron chi connectivity index (χ1n) is 5.76. The Morgan fingerprint density at radius 3 is 3.00 bits per heavy atom. The summed E-state index contributed by atoms with van der Waals surface area (Å²) < 4.78 is 0. The van der Waals surface area contributed by atoms with Crippen LogP contribution in [0.3, 0.4) is 0 Å². The summed E-state index contributed by atoms with van der Waals surface area (Å²) in [7, 11) is 0. The highest BCUT2D eigenvalue weighted by Gasteiger charge is 2.08. The maximum Gasteiger partial charge on any atom is 0.236 e. The standard InChI is InChI=1S/C13H12Cl2N2OS2/c1-19-7-12(18)17-13-16-6-10(20-13)5-8-4-9(14)2-3-11(8)15/h2-4,6H,5,7H2,1H3,(H,16,17,18). The Morgan fingerprint density at radius 1 is 1.45 bits per heavy atom. The fourth-order valence-electron chi connectivity index (χ4n) is 1.60. The van der Waals surface area contributed by atoms with E-state index in [1.54, 1.807) is 18.3 Å². The van der Waals surface area contributed by atoms with Gasteiger partial charge in [-0.1, -0.05) is 23.2 Å². The molecular weight excluding hydrogens is 335 g/mol. The van der Waals surface area contributed by atoms with Crippen LogP contribution in [0.1, 0.15) is 10.4 Å². The summed E-state index contributed by atoms with van der Waals surface area (Å²) in [5.74, 6) is 0.383. The maximum absolute atomic E-state index is 11.5. The zero-order valence-corrected chi connectivity index (χ0v) is 13.8. The number of hydrogen-bond acceptors (Lipinski definition) is 4. The Hall–Kier alpha value is -0.750. The van der Waals surface area contributed by atoms with Gasteiger partial charge in [0.15, 0.2) is 5.13 Å². The van der Waals surface area contributed by atoms with Crippen molar-refractivity contribution >= 4 is 57.3 Å². The van der Waals surface area contributed by atoms with Crippen molar-refractivity contribution in [3.8, 4) is 0 Å². The third-order valence-corrected chi connectivity index (χ3v) is 4.52. The summed E-state index contributed by atoms with van der Waals surface area (Å²) in [4.78, 5) is 16.7. The van der Waals surface area contributed by atoms with Gasteiger partial charge in [-0.3, -0.25) is 4.79 Å². The number of amides is 1. The van der Waals surface area contributed by atoms with E-state index in [-0.39, 0.29) is 5.91 Å². The Morgan fingerprint density at radius 2 is 2.25 bits per heavy atom. The van der Waals surface area contributed by atoms with Crippen LogP contribution in [-0.4, -0.2) is 22.9 Å². The second kappa shape index (κ2) is 7.31. The van der Waals surface area contributed by atoms with Gasteiger partial charge in [-0.25, -0.2) is 4.98 Å². The van der Waals surface area contributed by atoms with Crippen molar-refractivity contribution in [2.45, 2.75) is 6.42 Å². The number of nitrogens with one attached hydrogen (secondary N) is 1. The van der Waals surface area contributed by atoms with Crippen molar-refractivity contribution in [1.82, 2.24) is 4.98 Å². The van der Waals surface area contributed by atoms with Gasteiger partial charge in [0.25, 0.3) is 0 Å². The molecule has 0 fully saturated rings. The molecule has 1 amide bonds. The number of hydrogen-bond donors (Lipinski definition) is 1. The zero-order valence-electron chi connectivity index (χ0n) is 10.7. The van der Waals surface area contributed by atoms with Crippen LogP contribution in [0, 0.1) is 0 Å². The van der Waals surface area contributed by atoms with Crippen LogP contribution in [0.2, 0.25) is 10.0 Å². The number of anilines is 1. The Balaban J connectivity index is 2.06. The van der Waals surface area contributed by atoms with Crippen LogP contribution < -0.4 is 5.32 Å². The molecular formula is C13H12Cl2N2OS2. The van der Waals surface area contributed by atoms with Gasteiger partial charge in [0.2, 0.25) is 5.91 Å². The average molecular weight is 347 g/mol. The summed E-state index contributed by atoms with van der Waals surface area (Å²) in [5.41, 5.74) is 0.949. The van der Waals surface area contributed by atoms with Crippen molar-refractivity contribution < 1.29 is 4.79 Å². The second-order valence-corrected chi connectivity index (χ2v) is 6.85. The van der Waals surface area contributed by atoms with Gasteiger partial charge < -0.3 is 5.32 Å². The van der Waals surface area contributed by atoms with E-state index >= 15 is 0 Å². The Bertz CT molecular complexity index is 616. The number of thiazole rings is 1. The van der Waals surface area contributed by atoms with E-state index in [0.717, 1.165) is 10.4 Å². The third-order valence-electron chi connectivity index (χ3n) is 2.45. The summed E-state index contributed by atoms with van der Waals surface area (Å²) in [6.07, 6.45) is 4.28. The molecule has 0 atom stereocenters. The van der Waals surface area contributed by atoms with Crippen molar-refractivity contribution in [3.05, 3.63) is 44.9 Å². The number of halogens is 2. The molecule has 2 rings (SSSR count). The first-order valence-corrected chi connectivity index (χ1v) is 8.72. The highest BCUT2D eigenvalue weighted by atomic mass is 35.5. The molecule has 0 unspecified atom stereocenters. The Labute approximate surface area is 135 Å². The van der Waals surface area contributed by atoms with E-state index in [1.165, 1.54) is 23.1 Å². The molecule has 0 aliphatic heterocycles. The molecule has 0 saturated heterocycles. The van der Waals surface area contributed by atoms with Crippen molar-refractivity contribution in [2.75, 3.05) is 17.3 Å². The molecule has 7 heteroatoms. The van der Waals surface area contributed by atoms with E-state index in [0.29, 0.717) is 27.4 Å². The molecule has 0 spiro atoms. The predicted octanol–water partition coefficient (Wildman–Crippen LogP) is 4.34. The van der Waals surface area contributed by atoms with E-state index in [1.807, 2.05) is 12.3 Å². The molecule has 1 aromatic carbocycles. The average Bonchev–Trinajstić information content (AvgIpc) is 2.81. The van der Waals surface area contributed by atoms with E-state index < -0.39 is 0 Å². The maximum atomic E-state index is 11.5. The normalized spacial score (nSPS) is 10.6. The number of rotatable bonds is 5. The lowest BCUT2D eigenvalue weighted by molar-refractivity contribution is -0.113. The summed E-state index contributed by atoms with van der Waals surface area (Å²) in [6, 6.07) is 5.38. The molecule has 1 N–H and O–H groups in total. The van der Waals surface area contributed by atoms with Crippen molar-refractivity contribution in [1.29, 1.82) is 0 Å². The molecule has 0 aliphatic carbocycles. The number of aromatic nitrogens is 1. The minimum absolute atomic E-state index is 0.0424. The van der Waals surface area contributed by atoms with E-state index in [4.69, 9.17) is 23.2 Å². The molecule has 1 heterocycles. The highest BCUT2D eigenvalue weighted by molar-refractivity contribution is 7.99. The molecule has 2 aromatic rings. The predicted molar refractivity (Wildman–Crippen MR) is 88.4 cm³/mol. The van der Waals surface area contributed by atoms with Crippen LogP contribution >= 0.6 is 46.3 Å². The number of carbonyl (C=O) groups is 1. The largest absolute Gasteiger partial charge is 0.301 e. The number of nitrogens with zero attached hydrogens (tertiary/aromatic N) is 1.